The number of benzene rings is 1. The van der Waals surface area contributed by atoms with Gasteiger partial charge in [0.1, 0.15) is 0 Å². The van der Waals surface area contributed by atoms with E-state index in [4.69, 9.17) is 10.5 Å². The fourth-order valence-corrected chi connectivity index (χ4v) is 4.64. The number of aromatic amines is 1. The summed E-state index contributed by atoms with van der Waals surface area (Å²) in [4.78, 5) is 31.9. The summed E-state index contributed by atoms with van der Waals surface area (Å²) in [6.45, 7) is 5.52. The minimum absolute atomic E-state index is 0.344. The van der Waals surface area contributed by atoms with Crippen LogP contribution in [0.15, 0.2) is 55.0 Å². The lowest BCUT2D eigenvalue weighted by molar-refractivity contribution is 0.0493. The maximum atomic E-state index is 12.7. The predicted molar refractivity (Wildman–Crippen MR) is 140 cm³/mol. The number of piperidine rings is 1. The molecule has 1 aromatic carbocycles. The Bertz CT molecular complexity index is 1340. The third-order valence-electron chi connectivity index (χ3n) is 6.71. The molecule has 1 aliphatic rings. The number of esters is 1. The van der Waals surface area contributed by atoms with Crippen molar-refractivity contribution in [1.29, 1.82) is 0 Å². The van der Waals surface area contributed by atoms with Gasteiger partial charge in [-0.25, -0.2) is 9.78 Å². The lowest BCUT2D eigenvalue weighted by atomic mass is 10.0. The molecule has 0 spiro atoms. The molecule has 4 aromatic rings. The summed E-state index contributed by atoms with van der Waals surface area (Å²) in [5.41, 5.74) is 11.6. The van der Waals surface area contributed by atoms with Crippen LogP contribution < -0.4 is 5.73 Å². The molecular formula is C28H32N6O2. The summed E-state index contributed by atoms with van der Waals surface area (Å²) in [7, 11) is 0. The van der Waals surface area contributed by atoms with E-state index in [-0.39, 0.29) is 5.97 Å². The normalized spacial score (nSPS) is 14.8. The van der Waals surface area contributed by atoms with Crippen LogP contribution in [0.1, 0.15) is 41.7 Å². The van der Waals surface area contributed by atoms with Gasteiger partial charge in [-0.2, -0.15) is 0 Å². The van der Waals surface area contributed by atoms with E-state index < -0.39 is 0 Å². The molecule has 0 aliphatic carbocycles. The summed E-state index contributed by atoms with van der Waals surface area (Å²) < 4.78 is 5.53. The van der Waals surface area contributed by atoms with Crippen molar-refractivity contribution < 1.29 is 9.53 Å². The molecule has 0 unspecified atom stereocenters. The topological polar surface area (TPSA) is 110 Å². The summed E-state index contributed by atoms with van der Waals surface area (Å²) in [6.07, 6.45) is 7.23. The van der Waals surface area contributed by atoms with Gasteiger partial charge in [0.25, 0.3) is 0 Å². The van der Waals surface area contributed by atoms with E-state index in [0.29, 0.717) is 18.2 Å². The molecule has 0 atom stereocenters. The number of nitrogens with one attached hydrogen (secondary N) is 1. The third kappa shape index (κ3) is 5.61. The number of imidazole rings is 1. The summed E-state index contributed by atoms with van der Waals surface area (Å²) >= 11 is 0. The minimum Gasteiger partial charge on any atom is -0.462 e. The van der Waals surface area contributed by atoms with Gasteiger partial charge >= 0.3 is 5.97 Å². The highest BCUT2D eigenvalue weighted by Crippen LogP contribution is 2.30. The minimum atomic E-state index is -0.344. The lowest BCUT2D eigenvalue weighted by Gasteiger charge is -2.29. The number of ether oxygens (including phenoxy) is 1. The van der Waals surface area contributed by atoms with Crippen LogP contribution in [0, 0.1) is 6.92 Å². The fourth-order valence-electron chi connectivity index (χ4n) is 4.64. The van der Waals surface area contributed by atoms with Crippen molar-refractivity contribution in [3.63, 3.8) is 0 Å². The van der Waals surface area contributed by atoms with E-state index in [1.165, 1.54) is 0 Å². The van der Waals surface area contributed by atoms with Gasteiger partial charge in [0.15, 0.2) is 0 Å². The van der Waals surface area contributed by atoms with Crippen LogP contribution in [0.25, 0.3) is 33.5 Å². The standard InChI is InChI=1S/C28H32N6O2/c1-19-5-4-6-25(33-19)27-26(31-18-32-27)20-7-8-24-21(15-20)16-22(17-30-24)28(35)36-14-3-2-11-34-12-9-23(29)10-13-34/h4-8,15-18,23H,2-3,9-14,29H2,1H3,(H,31,32). The molecule has 8 nitrogen and oxygen atoms in total. The Kier molecular flexibility index (Phi) is 7.34. The number of aryl methyl sites for hydroxylation is 1. The number of carbonyl (C=O) groups excluding carboxylic acids is 1. The number of rotatable bonds is 8. The van der Waals surface area contributed by atoms with Crippen LogP contribution in [-0.2, 0) is 4.74 Å². The highest BCUT2D eigenvalue weighted by molar-refractivity contribution is 5.95. The number of H-pyrrole nitrogens is 1. The molecule has 0 saturated carbocycles. The SMILES string of the molecule is Cc1cccc(-c2[nH]cnc2-c2ccc3ncc(C(=O)OCCCCN4CCC(N)CC4)cc3c2)n1. The summed E-state index contributed by atoms with van der Waals surface area (Å²) in [6, 6.07) is 14.0. The quantitative estimate of drug-likeness (QED) is 0.282. The molecule has 0 radical (unpaired) electrons. The van der Waals surface area contributed by atoms with E-state index in [1.54, 1.807) is 12.5 Å². The molecule has 3 N–H and O–H groups in total. The van der Waals surface area contributed by atoms with E-state index in [1.807, 2.05) is 49.4 Å². The predicted octanol–water partition coefficient (Wildman–Crippen LogP) is 4.36. The second-order valence-electron chi connectivity index (χ2n) is 9.44. The number of likely N-dealkylation sites (tertiary alicyclic amines) is 1. The van der Waals surface area contributed by atoms with Crippen LogP contribution in [0.5, 0.6) is 0 Å². The summed E-state index contributed by atoms with van der Waals surface area (Å²) in [5.74, 6) is -0.344. The third-order valence-corrected chi connectivity index (χ3v) is 6.71. The first-order valence-corrected chi connectivity index (χ1v) is 12.6. The lowest BCUT2D eigenvalue weighted by Crippen LogP contribution is -2.40. The number of carbonyl (C=O) groups is 1. The van der Waals surface area contributed by atoms with Crippen molar-refractivity contribution >= 4 is 16.9 Å². The molecule has 5 rings (SSSR count). The molecule has 4 heterocycles. The zero-order valence-electron chi connectivity index (χ0n) is 20.6. The number of unbranched alkanes of at least 4 members (excludes halogenated alkanes) is 1. The molecule has 8 heteroatoms. The number of nitrogens with two attached hydrogens (primary N) is 1. The average molecular weight is 485 g/mol. The molecule has 1 aliphatic heterocycles. The molecule has 186 valence electrons. The first kappa shape index (κ1) is 24.1. The molecule has 3 aromatic heterocycles. The van der Waals surface area contributed by atoms with Crippen molar-refractivity contribution in [3.05, 3.63) is 66.2 Å². The van der Waals surface area contributed by atoms with Crippen molar-refractivity contribution in [3.8, 4) is 22.6 Å². The Balaban J connectivity index is 1.23. The van der Waals surface area contributed by atoms with Crippen molar-refractivity contribution in [2.24, 2.45) is 5.73 Å². The van der Waals surface area contributed by atoms with Crippen molar-refractivity contribution in [2.45, 2.75) is 38.6 Å². The van der Waals surface area contributed by atoms with Crippen LogP contribution in [0.3, 0.4) is 0 Å². The van der Waals surface area contributed by atoms with Gasteiger partial charge in [-0.3, -0.25) is 9.97 Å². The van der Waals surface area contributed by atoms with Crippen LogP contribution >= 0.6 is 0 Å². The number of fused-ring (bicyclic) bond motifs is 1. The second-order valence-corrected chi connectivity index (χ2v) is 9.44. The molecule has 36 heavy (non-hydrogen) atoms. The zero-order valence-corrected chi connectivity index (χ0v) is 20.6. The molecule has 0 amide bonds. The maximum Gasteiger partial charge on any atom is 0.339 e. The van der Waals surface area contributed by atoms with Gasteiger partial charge in [-0.1, -0.05) is 12.1 Å². The van der Waals surface area contributed by atoms with Gasteiger partial charge in [0.05, 0.1) is 41.1 Å². The van der Waals surface area contributed by atoms with Crippen LogP contribution in [0.4, 0.5) is 0 Å². The number of hydrogen-bond acceptors (Lipinski definition) is 7. The van der Waals surface area contributed by atoms with Crippen LogP contribution in [-0.4, -0.2) is 63.1 Å². The van der Waals surface area contributed by atoms with Crippen LogP contribution in [0.2, 0.25) is 0 Å². The maximum absolute atomic E-state index is 12.7. The van der Waals surface area contributed by atoms with Gasteiger partial charge in [0.2, 0.25) is 0 Å². The Morgan fingerprint density at radius 2 is 2.00 bits per heavy atom. The van der Waals surface area contributed by atoms with Gasteiger partial charge in [-0.05, 0) is 82.6 Å². The number of aromatic nitrogens is 4. The number of hydrogen-bond donors (Lipinski definition) is 2. The highest BCUT2D eigenvalue weighted by atomic mass is 16.5. The molecule has 1 saturated heterocycles. The largest absolute Gasteiger partial charge is 0.462 e. The zero-order chi connectivity index (χ0) is 24.9. The van der Waals surface area contributed by atoms with Crippen molar-refractivity contribution in [2.75, 3.05) is 26.2 Å². The fraction of sp³-hybridized carbons (Fsp3) is 0.357. The van der Waals surface area contributed by atoms with E-state index in [2.05, 4.69) is 24.8 Å². The van der Waals surface area contributed by atoms with Gasteiger partial charge in [0, 0.05) is 28.9 Å². The van der Waals surface area contributed by atoms with Gasteiger partial charge in [-0.15, -0.1) is 0 Å². The smallest absolute Gasteiger partial charge is 0.339 e. The average Bonchev–Trinajstić information content (AvgIpc) is 3.39. The molecule has 1 fully saturated rings. The first-order chi connectivity index (χ1) is 17.6. The first-order valence-electron chi connectivity index (χ1n) is 12.6. The Labute approximate surface area is 210 Å². The van der Waals surface area contributed by atoms with E-state index >= 15 is 0 Å². The number of pyridine rings is 2. The van der Waals surface area contributed by atoms with Gasteiger partial charge < -0.3 is 20.4 Å². The number of nitrogens with zero attached hydrogens (tertiary/aromatic N) is 4. The Morgan fingerprint density at radius 3 is 2.83 bits per heavy atom. The van der Waals surface area contributed by atoms with E-state index in [9.17, 15) is 4.79 Å². The molecular weight excluding hydrogens is 452 g/mol. The Morgan fingerprint density at radius 1 is 1.14 bits per heavy atom. The highest BCUT2D eigenvalue weighted by Gasteiger charge is 2.16. The monoisotopic (exact) mass is 484 g/mol. The summed E-state index contributed by atoms with van der Waals surface area (Å²) in [5, 5.41) is 0.858. The van der Waals surface area contributed by atoms with Crippen molar-refractivity contribution in [1.82, 2.24) is 24.8 Å². The second kappa shape index (κ2) is 11.0. The molecule has 0 bridgehead atoms. The van der Waals surface area contributed by atoms with E-state index in [0.717, 1.165) is 84.6 Å². The Hall–Kier alpha value is -3.62.